The lowest BCUT2D eigenvalue weighted by Crippen LogP contribution is -2.43. The number of rotatable bonds is 4. The van der Waals surface area contributed by atoms with Gasteiger partial charge in [0.25, 0.3) is 0 Å². The molecular formula is C16H32N2. The average molecular weight is 252 g/mol. The summed E-state index contributed by atoms with van der Waals surface area (Å²) < 4.78 is 0. The monoisotopic (exact) mass is 252 g/mol. The Balaban J connectivity index is 1.81. The van der Waals surface area contributed by atoms with Crippen molar-refractivity contribution in [1.29, 1.82) is 0 Å². The maximum atomic E-state index is 3.56. The van der Waals surface area contributed by atoms with Crippen LogP contribution in [0.25, 0.3) is 0 Å². The summed E-state index contributed by atoms with van der Waals surface area (Å²) in [5, 5.41) is 3.56. The Morgan fingerprint density at radius 3 is 2.28 bits per heavy atom. The molecule has 106 valence electrons. The molecule has 2 nitrogen and oxygen atoms in total. The first-order valence-electron chi connectivity index (χ1n) is 8.35. The van der Waals surface area contributed by atoms with Crippen molar-refractivity contribution in [2.45, 2.75) is 70.8 Å². The first kappa shape index (κ1) is 14.3. The summed E-state index contributed by atoms with van der Waals surface area (Å²) in [5.74, 6) is 0.907. The third-order valence-corrected chi connectivity index (χ3v) is 4.89. The molecule has 1 aliphatic carbocycles. The zero-order chi connectivity index (χ0) is 12.6. The van der Waals surface area contributed by atoms with Crippen molar-refractivity contribution in [3.63, 3.8) is 0 Å². The van der Waals surface area contributed by atoms with Gasteiger partial charge < -0.3 is 10.2 Å². The number of piperidine rings is 1. The second kappa shape index (κ2) is 8.16. The van der Waals surface area contributed by atoms with Crippen LogP contribution >= 0.6 is 0 Å². The number of nitrogens with one attached hydrogen (secondary N) is 1. The van der Waals surface area contributed by atoms with Crippen LogP contribution in [0.3, 0.4) is 0 Å². The van der Waals surface area contributed by atoms with Gasteiger partial charge in [-0.25, -0.2) is 0 Å². The van der Waals surface area contributed by atoms with Crippen molar-refractivity contribution in [2.75, 3.05) is 26.2 Å². The van der Waals surface area contributed by atoms with Gasteiger partial charge in [-0.1, -0.05) is 39.0 Å². The maximum Gasteiger partial charge on any atom is 0.00952 e. The molecule has 2 rings (SSSR count). The largest absolute Gasteiger partial charge is 0.316 e. The van der Waals surface area contributed by atoms with Crippen molar-refractivity contribution >= 4 is 0 Å². The molecule has 0 aromatic heterocycles. The van der Waals surface area contributed by atoms with Crippen LogP contribution in [0.15, 0.2) is 0 Å². The number of nitrogens with zero attached hydrogens (tertiary/aromatic N) is 1. The molecular weight excluding hydrogens is 220 g/mol. The summed E-state index contributed by atoms with van der Waals surface area (Å²) in [6, 6.07) is 0.886. The molecule has 0 spiro atoms. The van der Waals surface area contributed by atoms with Crippen LogP contribution in [-0.4, -0.2) is 37.1 Å². The molecule has 0 amide bonds. The molecule has 2 fully saturated rings. The highest BCUT2D eigenvalue weighted by atomic mass is 15.2. The predicted molar refractivity (Wildman–Crippen MR) is 78.9 cm³/mol. The highest BCUT2D eigenvalue weighted by molar-refractivity contribution is 4.78. The third-order valence-electron chi connectivity index (χ3n) is 4.89. The van der Waals surface area contributed by atoms with Gasteiger partial charge in [-0.05, 0) is 51.2 Å². The lowest BCUT2D eigenvalue weighted by molar-refractivity contribution is 0.138. The molecule has 1 heterocycles. The zero-order valence-electron chi connectivity index (χ0n) is 12.3. The van der Waals surface area contributed by atoms with Gasteiger partial charge in [0.2, 0.25) is 0 Å². The van der Waals surface area contributed by atoms with E-state index >= 15 is 0 Å². The van der Waals surface area contributed by atoms with Gasteiger partial charge in [0.1, 0.15) is 0 Å². The van der Waals surface area contributed by atoms with Crippen LogP contribution in [0, 0.1) is 5.92 Å². The van der Waals surface area contributed by atoms with Gasteiger partial charge in [-0.15, -0.1) is 0 Å². The fourth-order valence-electron chi connectivity index (χ4n) is 3.75. The first-order valence-corrected chi connectivity index (χ1v) is 8.35. The van der Waals surface area contributed by atoms with Gasteiger partial charge in [0.05, 0.1) is 0 Å². The van der Waals surface area contributed by atoms with Crippen molar-refractivity contribution in [1.82, 2.24) is 10.2 Å². The van der Waals surface area contributed by atoms with E-state index in [9.17, 15) is 0 Å². The average Bonchev–Trinajstić information content (AvgIpc) is 2.37. The Morgan fingerprint density at radius 2 is 1.67 bits per heavy atom. The Bertz CT molecular complexity index is 203. The van der Waals surface area contributed by atoms with Crippen LogP contribution in [0.5, 0.6) is 0 Å². The van der Waals surface area contributed by atoms with E-state index in [-0.39, 0.29) is 0 Å². The summed E-state index contributed by atoms with van der Waals surface area (Å²) in [6.45, 7) is 7.44. The van der Waals surface area contributed by atoms with Crippen molar-refractivity contribution < 1.29 is 0 Å². The third kappa shape index (κ3) is 4.55. The molecule has 1 atom stereocenters. The van der Waals surface area contributed by atoms with Crippen molar-refractivity contribution in [2.24, 2.45) is 5.92 Å². The topological polar surface area (TPSA) is 15.3 Å². The van der Waals surface area contributed by atoms with Gasteiger partial charge in [-0.2, -0.15) is 0 Å². The lowest BCUT2D eigenvalue weighted by atomic mass is 9.93. The summed E-state index contributed by atoms with van der Waals surface area (Å²) in [5.41, 5.74) is 0. The minimum atomic E-state index is 0.886. The van der Waals surface area contributed by atoms with Gasteiger partial charge in [-0.3, -0.25) is 0 Å². The van der Waals surface area contributed by atoms with Crippen LogP contribution < -0.4 is 5.32 Å². The molecule has 1 saturated carbocycles. The predicted octanol–water partition coefficient (Wildman–Crippen LogP) is 3.42. The quantitative estimate of drug-likeness (QED) is 0.825. The Hall–Kier alpha value is -0.0800. The van der Waals surface area contributed by atoms with Crippen molar-refractivity contribution in [3.05, 3.63) is 0 Å². The molecule has 0 aromatic rings. The molecule has 0 bridgehead atoms. The highest BCUT2D eigenvalue weighted by Crippen LogP contribution is 2.23. The van der Waals surface area contributed by atoms with E-state index in [1.54, 1.807) is 0 Å². The Morgan fingerprint density at radius 1 is 0.944 bits per heavy atom. The van der Waals surface area contributed by atoms with E-state index in [0.717, 1.165) is 12.0 Å². The van der Waals surface area contributed by atoms with Gasteiger partial charge in [0.15, 0.2) is 0 Å². The van der Waals surface area contributed by atoms with Crippen molar-refractivity contribution in [3.8, 4) is 0 Å². The van der Waals surface area contributed by atoms with Gasteiger partial charge >= 0.3 is 0 Å². The van der Waals surface area contributed by atoms with E-state index < -0.39 is 0 Å². The second-order valence-electron chi connectivity index (χ2n) is 6.30. The lowest BCUT2D eigenvalue weighted by Gasteiger charge is -2.36. The van der Waals surface area contributed by atoms with E-state index in [2.05, 4.69) is 17.1 Å². The van der Waals surface area contributed by atoms with Crippen LogP contribution in [0.4, 0.5) is 0 Å². The van der Waals surface area contributed by atoms with Crippen LogP contribution in [0.1, 0.15) is 64.7 Å². The molecule has 1 saturated heterocycles. The SMILES string of the molecule is CCN(CC1CCCNC1)C1CCCCCCC1. The summed E-state index contributed by atoms with van der Waals surface area (Å²) in [7, 11) is 0. The van der Waals surface area contributed by atoms with E-state index in [0.29, 0.717) is 0 Å². The van der Waals surface area contributed by atoms with Crippen LogP contribution in [0.2, 0.25) is 0 Å². The number of hydrogen-bond acceptors (Lipinski definition) is 2. The van der Waals surface area contributed by atoms with Gasteiger partial charge in [0, 0.05) is 12.6 Å². The Kier molecular flexibility index (Phi) is 6.50. The fraction of sp³-hybridized carbons (Fsp3) is 1.00. The fourth-order valence-corrected chi connectivity index (χ4v) is 3.75. The summed E-state index contributed by atoms with van der Waals surface area (Å²) >= 11 is 0. The molecule has 1 aliphatic heterocycles. The molecule has 2 heteroatoms. The maximum absolute atomic E-state index is 3.56. The molecule has 1 unspecified atom stereocenters. The molecule has 0 radical (unpaired) electrons. The molecule has 0 aromatic carbocycles. The highest BCUT2D eigenvalue weighted by Gasteiger charge is 2.22. The summed E-state index contributed by atoms with van der Waals surface area (Å²) in [4.78, 5) is 2.79. The standard InChI is InChI=1S/C16H32N2/c1-2-18(14-15-9-8-12-17-13-15)16-10-6-4-3-5-7-11-16/h15-17H,2-14H2,1H3. The molecule has 1 N–H and O–H groups in total. The normalized spacial score (nSPS) is 28.0. The molecule has 2 aliphatic rings. The summed E-state index contributed by atoms with van der Waals surface area (Å²) in [6.07, 6.45) is 13.1. The second-order valence-corrected chi connectivity index (χ2v) is 6.30. The van der Waals surface area contributed by atoms with E-state index in [4.69, 9.17) is 0 Å². The minimum Gasteiger partial charge on any atom is -0.316 e. The molecule has 18 heavy (non-hydrogen) atoms. The Labute approximate surface area is 114 Å². The first-order chi connectivity index (χ1) is 8.90. The van der Waals surface area contributed by atoms with E-state index in [1.165, 1.54) is 84.0 Å². The zero-order valence-corrected chi connectivity index (χ0v) is 12.3. The van der Waals surface area contributed by atoms with E-state index in [1.807, 2.05) is 0 Å². The minimum absolute atomic E-state index is 0.886. The van der Waals surface area contributed by atoms with Crippen LogP contribution in [-0.2, 0) is 0 Å². The smallest absolute Gasteiger partial charge is 0.00952 e. The number of hydrogen-bond donors (Lipinski definition) is 1.